The number of halogens is 3. The standard InChI is InChI=1S/C23H21F3N6O3S3/c24-23(25,26)37-17-3-1-15(2-4-17)13-35-22(34)31-9-7-30(8-10-31)21-28-18(14-36-21)20(33)29-32-6-5-19-16(12-32)11-27-38-19/h1-5,11-12,14H,6-10,13H2,(H,29,33). The van der Waals surface area contributed by atoms with E-state index in [2.05, 4.69) is 14.8 Å². The summed E-state index contributed by atoms with van der Waals surface area (Å²) in [5, 5.41) is 5.04. The highest BCUT2D eigenvalue weighted by atomic mass is 32.2. The third-order valence-corrected chi connectivity index (χ3v) is 8.14. The van der Waals surface area contributed by atoms with Crippen molar-refractivity contribution < 1.29 is 27.5 Å². The van der Waals surface area contributed by atoms with Crippen molar-refractivity contribution in [3.8, 4) is 0 Å². The molecule has 15 heteroatoms. The highest BCUT2D eigenvalue weighted by Gasteiger charge is 2.29. The highest BCUT2D eigenvalue weighted by Crippen LogP contribution is 2.36. The van der Waals surface area contributed by atoms with E-state index in [0.717, 1.165) is 9.75 Å². The van der Waals surface area contributed by atoms with Gasteiger partial charge in [-0.25, -0.2) is 9.78 Å². The van der Waals surface area contributed by atoms with Crippen molar-refractivity contribution in [2.75, 3.05) is 37.6 Å². The van der Waals surface area contributed by atoms with Crippen LogP contribution in [0.2, 0.25) is 0 Å². The molecule has 2 amide bonds. The van der Waals surface area contributed by atoms with Crippen molar-refractivity contribution in [2.24, 2.45) is 0 Å². The maximum atomic E-state index is 12.7. The number of thioether (sulfide) groups is 1. The Kier molecular flexibility index (Phi) is 7.76. The molecule has 2 aliphatic heterocycles. The van der Waals surface area contributed by atoms with Gasteiger partial charge in [0, 0.05) is 47.9 Å². The molecule has 0 bridgehead atoms. The second-order valence-electron chi connectivity index (χ2n) is 8.31. The molecule has 4 heterocycles. The maximum Gasteiger partial charge on any atom is 0.446 e. The number of hydrazine groups is 1. The minimum absolute atomic E-state index is 0.0304. The number of amides is 2. The second kappa shape index (κ2) is 11.2. The van der Waals surface area contributed by atoms with Crippen LogP contribution in [0.3, 0.4) is 0 Å². The van der Waals surface area contributed by atoms with E-state index in [-0.39, 0.29) is 29.2 Å². The van der Waals surface area contributed by atoms with Crippen LogP contribution >= 0.6 is 34.6 Å². The van der Waals surface area contributed by atoms with Crippen molar-refractivity contribution in [1.82, 2.24) is 24.7 Å². The Morgan fingerprint density at radius 1 is 1.13 bits per heavy atom. The molecular formula is C23H21F3N6O3S3. The minimum atomic E-state index is -4.35. The molecule has 3 aromatic rings. The first kappa shape index (κ1) is 26.3. The van der Waals surface area contributed by atoms with E-state index in [4.69, 9.17) is 4.74 Å². The van der Waals surface area contributed by atoms with Crippen LogP contribution in [0, 0.1) is 0 Å². The summed E-state index contributed by atoms with van der Waals surface area (Å²) < 4.78 is 47.9. The summed E-state index contributed by atoms with van der Waals surface area (Å²) in [5.41, 5.74) is -0.597. The van der Waals surface area contributed by atoms with Gasteiger partial charge in [0.05, 0.1) is 17.3 Å². The Balaban J connectivity index is 1.07. The number of alkyl halides is 3. The van der Waals surface area contributed by atoms with E-state index in [1.807, 2.05) is 17.2 Å². The molecule has 200 valence electrons. The number of rotatable bonds is 6. The topological polar surface area (TPSA) is 90.9 Å². The zero-order valence-electron chi connectivity index (χ0n) is 19.7. The van der Waals surface area contributed by atoms with Crippen molar-refractivity contribution in [3.63, 3.8) is 0 Å². The molecule has 1 aromatic carbocycles. The van der Waals surface area contributed by atoms with Crippen LogP contribution < -0.4 is 20.1 Å². The van der Waals surface area contributed by atoms with Gasteiger partial charge in [-0.2, -0.15) is 17.5 Å². The Morgan fingerprint density at radius 2 is 1.89 bits per heavy atom. The SMILES string of the molecule is O=C(NN1C=c2cnsc2=CC1)c1csc(N2CCN(C(=O)OCc3ccc(SC(F)(F)F)cc3)CC2)n1. The number of benzene rings is 1. The fourth-order valence-electron chi connectivity index (χ4n) is 3.79. The van der Waals surface area contributed by atoms with E-state index in [1.54, 1.807) is 21.5 Å². The number of piperazine rings is 1. The summed E-state index contributed by atoms with van der Waals surface area (Å²) in [6.07, 6.45) is 5.10. The number of ether oxygens (including phenoxy) is 1. The van der Waals surface area contributed by atoms with Crippen molar-refractivity contribution >= 4 is 64.0 Å². The number of nitrogens with one attached hydrogen (secondary N) is 1. The van der Waals surface area contributed by atoms with Crippen molar-refractivity contribution in [3.05, 3.63) is 56.9 Å². The molecule has 2 aromatic heterocycles. The predicted molar refractivity (Wildman–Crippen MR) is 139 cm³/mol. The van der Waals surface area contributed by atoms with Crippen LogP contribution in [0.4, 0.5) is 23.1 Å². The monoisotopic (exact) mass is 582 g/mol. The smallest absolute Gasteiger partial charge is 0.445 e. The molecule has 0 atom stereocenters. The lowest BCUT2D eigenvalue weighted by Crippen LogP contribution is -2.49. The zero-order valence-corrected chi connectivity index (χ0v) is 22.1. The van der Waals surface area contributed by atoms with Crippen molar-refractivity contribution in [1.29, 1.82) is 0 Å². The average molecular weight is 583 g/mol. The van der Waals surface area contributed by atoms with Gasteiger partial charge in [0.1, 0.15) is 12.3 Å². The number of carbonyl (C=O) groups excluding carboxylic acids is 2. The van der Waals surface area contributed by atoms with Gasteiger partial charge in [-0.05, 0) is 47.1 Å². The van der Waals surface area contributed by atoms with Crippen molar-refractivity contribution in [2.45, 2.75) is 17.0 Å². The van der Waals surface area contributed by atoms with Gasteiger partial charge in [0.25, 0.3) is 5.91 Å². The summed E-state index contributed by atoms with van der Waals surface area (Å²) >= 11 is 2.58. The van der Waals surface area contributed by atoms with E-state index in [1.165, 1.54) is 47.1 Å². The summed E-state index contributed by atoms with van der Waals surface area (Å²) in [5.74, 6) is -0.309. The number of hydrogen-bond acceptors (Lipinski definition) is 10. The molecule has 2 aliphatic rings. The summed E-state index contributed by atoms with van der Waals surface area (Å²) in [4.78, 5) is 33.3. The van der Waals surface area contributed by atoms with Gasteiger partial charge >= 0.3 is 11.6 Å². The number of carbonyl (C=O) groups is 2. The van der Waals surface area contributed by atoms with Crippen LogP contribution in [0.25, 0.3) is 12.3 Å². The molecule has 0 aliphatic carbocycles. The summed E-state index contributed by atoms with van der Waals surface area (Å²) in [7, 11) is 0. The lowest BCUT2D eigenvalue weighted by molar-refractivity contribution is -0.0328. The van der Waals surface area contributed by atoms with E-state index in [9.17, 15) is 22.8 Å². The number of aromatic nitrogens is 2. The number of nitrogens with zero attached hydrogens (tertiary/aromatic N) is 5. The van der Waals surface area contributed by atoms with Crippen LogP contribution in [-0.2, 0) is 11.3 Å². The Morgan fingerprint density at radius 3 is 2.63 bits per heavy atom. The molecular weight excluding hydrogens is 561 g/mol. The van der Waals surface area contributed by atoms with Crippen LogP contribution in [0.15, 0.2) is 40.7 Å². The number of thiazole rings is 1. The molecule has 38 heavy (non-hydrogen) atoms. The second-order valence-corrected chi connectivity index (χ2v) is 11.1. The molecule has 9 nitrogen and oxygen atoms in total. The normalized spacial score (nSPS) is 15.4. The molecule has 0 saturated carbocycles. The Labute approximate surface area is 227 Å². The molecule has 1 saturated heterocycles. The Hall–Kier alpha value is -3.30. The average Bonchev–Trinajstić information content (AvgIpc) is 3.57. The first-order valence-corrected chi connectivity index (χ1v) is 13.9. The number of anilines is 1. The summed E-state index contributed by atoms with van der Waals surface area (Å²) in [6.45, 7) is 2.38. The zero-order chi connectivity index (χ0) is 26.7. The van der Waals surface area contributed by atoms with Gasteiger partial charge in [-0.15, -0.1) is 11.3 Å². The molecule has 5 rings (SSSR count). The molecule has 1 N–H and O–H groups in total. The van der Waals surface area contributed by atoms with Gasteiger partial charge in [0.15, 0.2) is 5.13 Å². The van der Waals surface area contributed by atoms with Gasteiger partial charge < -0.3 is 14.5 Å². The van der Waals surface area contributed by atoms with Gasteiger partial charge in [-0.3, -0.25) is 15.2 Å². The highest BCUT2D eigenvalue weighted by molar-refractivity contribution is 8.00. The van der Waals surface area contributed by atoms with E-state index < -0.39 is 11.6 Å². The lowest BCUT2D eigenvalue weighted by atomic mass is 10.2. The first-order chi connectivity index (χ1) is 18.2. The lowest BCUT2D eigenvalue weighted by Gasteiger charge is -2.33. The Bertz CT molecular complexity index is 1420. The third-order valence-electron chi connectivity index (χ3n) is 5.69. The molecule has 0 radical (unpaired) electrons. The van der Waals surface area contributed by atoms with E-state index >= 15 is 0 Å². The fourth-order valence-corrected chi connectivity index (χ4v) is 5.83. The molecule has 1 fully saturated rings. The fraction of sp³-hybridized carbons (Fsp3) is 0.304. The van der Waals surface area contributed by atoms with Crippen LogP contribution in [0.5, 0.6) is 0 Å². The summed E-state index contributed by atoms with van der Waals surface area (Å²) in [6, 6.07) is 5.72. The van der Waals surface area contributed by atoms with E-state index in [0.29, 0.717) is 49.1 Å². The van der Waals surface area contributed by atoms with Crippen LogP contribution in [0.1, 0.15) is 16.1 Å². The predicted octanol–water partition coefficient (Wildman–Crippen LogP) is 2.85. The molecule has 0 spiro atoms. The molecule has 0 unspecified atom stereocenters. The maximum absolute atomic E-state index is 12.7. The first-order valence-electron chi connectivity index (χ1n) is 11.4. The quantitative estimate of drug-likeness (QED) is 0.444. The number of fused-ring (bicyclic) bond motifs is 1. The van der Waals surface area contributed by atoms with Crippen LogP contribution in [-0.4, -0.2) is 69.5 Å². The number of hydrogen-bond donors (Lipinski definition) is 1. The van der Waals surface area contributed by atoms with Gasteiger partial charge in [-0.1, -0.05) is 12.1 Å². The minimum Gasteiger partial charge on any atom is -0.445 e. The largest absolute Gasteiger partial charge is 0.446 e. The third kappa shape index (κ3) is 6.57. The van der Waals surface area contributed by atoms with Gasteiger partial charge in [0.2, 0.25) is 0 Å².